The first-order valence-corrected chi connectivity index (χ1v) is 7.37. The lowest BCUT2D eigenvalue weighted by Crippen LogP contribution is -2.14. The topological polar surface area (TPSA) is 87.3 Å². The fraction of sp³-hybridized carbons (Fsp3) is 0.375. The van der Waals surface area contributed by atoms with Gasteiger partial charge in [0.15, 0.2) is 6.61 Å². The Morgan fingerprint density at radius 3 is 2.83 bits per heavy atom. The second-order valence-corrected chi connectivity index (χ2v) is 5.23. The number of carbonyl (C=O) groups excluding carboxylic acids is 1. The van der Waals surface area contributed by atoms with E-state index < -0.39 is 10.7 Å². The van der Waals surface area contributed by atoms with Gasteiger partial charge in [-0.1, -0.05) is 6.92 Å². The molecule has 2 heterocycles. The summed E-state index contributed by atoms with van der Waals surface area (Å²) in [6.07, 6.45) is 2.29. The summed E-state index contributed by atoms with van der Waals surface area (Å²) in [5.74, 6) is -0.608. The molecule has 7 nitrogen and oxygen atoms in total. The predicted molar refractivity (Wildman–Crippen MR) is 84.9 cm³/mol. The third-order valence-electron chi connectivity index (χ3n) is 3.60. The number of nitrogens with zero attached hydrogens (tertiary/aromatic N) is 3. The number of ether oxygens (including phenoxy) is 1. The maximum absolute atomic E-state index is 12.4. The van der Waals surface area contributed by atoms with Crippen LogP contribution in [0.1, 0.15) is 35.1 Å². The van der Waals surface area contributed by atoms with E-state index >= 15 is 0 Å². The van der Waals surface area contributed by atoms with Gasteiger partial charge in [-0.15, -0.1) is 0 Å². The molecule has 0 saturated heterocycles. The van der Waals surface area contributed by atoms with Gasteiger partial charge in [0, 0.05) is 23.5 Å². The Balaban J connectivity index is 2.15. The molecule has 2 aromatic heterocycles. The normalized spacial score (nSPS) is 10.6. The van der Waals surface area contributed by atoms with Crippen molar-refractivity contribution in [1.82, 2.24) is 9.55 Å². The van der Waals surface area contributed by atoms with Crippen molar-refractivity contribution in [3.05, 3.63) is 51.5 Å². The number of carbonyl (C=O) groups is 1. The molecule has 2 rings (SSSR count). The summed E-state index contributed by atoms with van der Waals surface area (Å²) in [6.45, 7) is 6.50. The zero-order chi connectivity index (χ0) is 17.0. The van der Waals surface area contributed by atoms with Crippen LogP contribution in [0.2, 0.25) is 0 Å². The van der Waals surface area contributed by atoms with E-state index in [-0.39, 0.29) is 18.1 Å². The van der Waals surface area contributed by atoms with E-state index in [2.05, 4.69) is 16.5 Å². The second-order valence-electron chi connectivity index (χ2n) is 5.23. The highest BCUT2D eigenvalue weighted by molar-refractivity contribution is 5.98. The summed E-state index contributed by atoms with van der Waals surface area (Å²) in [5, 5.41) is 10.9. The van der Waals surface area contributed by atoms with Gasteiger partial charge in [0.25, 0.3) is 0 Å². The van der Waals surface area contributed by atoms with Crippen molar-refractivity contribution in [2.24, 2.45) is 0 Å². The maximum Gasteiger partial charge on any atom is 0.406 e. The smallest absolute Gasteiger partial charge is 0.406 e. The summed E-state index contributed by atoms with van der Waals surface area (Å²) in [4.78, 5) is 26.3. The quantitative estimate of drug-likeness (QED) is 0.445. The van der Waals surface area contributed by atoms with Crippen molar-refractivity contribution < 1.29 is 14.5 Å². The summed E-state index contributed by atoms with van der Waals surface area (Å²) < 4.78 is 7.40. The summed E-state index contributed by atoms with van der Waals surface area (Å²) in [5.41, 5.74) is 2.49. The average molecular weight is 317 g/mol. The van der Waals surface area contributed by atoms with Crippen molar-refractivity contribution in [2.45, 2.75) is 33.7 Å². The van der Waals surface area contributed by atoms with Gasteiger partial charge >= 0.3 is 5.82 Å². The third-order valence-corrected chi connectivity index (χ3v) is 3.60. The third kappa shape index (κ3) is 3.56. The van der Waals surface area contributed by atoms with Crippen LogP contribution in [0.4, 0.5) is 5.82 Å². The first-order chi connectivity index (χ1) is 11.0. The molecule has 0 spiro atoms. The molecular weight excluding hydrogens is 298 g/mol. The van der Waals surface area contributed by atoms with Crippen LogP contribution in [0.3, 0.4) is 0 Å². The van der Waals surface area contributed by atoms with Crippen molar-refractivity contribution in [2.75, 3.05) is 6.61 Å². The largest absolute Gasteiger partial charge is 0.477 e. The van der Waals surface area contributed by atoms with E-state index in [0.717, 1.165) is 24.4 Å². The van der Waals surface area contributed by atoms with Gasteiger partial charge < -0.3 is 19.4 Å². The fourth-order valence-electron chi connectivity index (χ4n) is 2.50. The van der Waals surface area contributed by atoms with Gasteiger partial charge in [-0.2, -0.15) is 0 Å². The predicted octanol–water partition coefficient (Wildman–Crippen LogP) is 3.08. The Bertz CT molecular complexity index is 737. The molecule has 0 aliphatic heterocycles. The molecule has 0 atom stereocenters. The van der Waals surface area contributed by atoms with Gasteiger partial charge in [0.2, 0.25) is 11.5 Å². The minimum Gasteiger partial charge on any atom is -0.477 e. The highest BCUT2D eigenvalue weighted by Gasteiger charge is 2.19. The molecule has 122 valence electrons. The molecule has 0 radical (unpaired) electrons. The molecule has 0 aliphatic carbocycles. The van der Waals surface area contributed by atoms with Gasteiger partial charge in [0.05, 0.1) is 0 Å². The van der Waals surface area contributed by atoms with Crippen LogP contribution in [0, 0.1) is 24.0 Å². The van der Waals surface area contributed by atoms with E-state index in [4.69, 9.17) is 4.74 Å². The summed E-state index contributed by atoms with van der Waals surface area (Å²) in [7, 11) is 0. The van der Waals surface area contributed by atoms with Gasteiger partial charge in [-0.05, 0) is 48.4 Å². The maximum atomic E-state index is 12.4. The van der Waals surface area contributed by atoms with Crippen LogP contribution in [-0.4, -0.2) is 26.9 Å². The highest BCUT2D eigenvalue weighted by Crippen LogP contribution is 2.23. The van der Waals surface area contributed by atoms with Crippen molar-refractivity contribution >= 4 is 11.6 Å². The molecule has 0 unspecified atom stereocenters. The standard InChI is InChI=1S/C16H19N3O4/c1-4-8-18-11(2)9-13(12(18)3)14(20)10-23-15-6-5-7-17-16(15)19(21)22/h5-7,9H,4,8,10H2,1-3H3. The number of nitro groups is 1. The lowest BCUT2D eigenvalue weighted by Gasteiger charge is -2.08. The number of ketones is 1. The molecule has 0 aromatic carbocycles. The number of aryl methyl sites for hydroxylation is 1. The Labute approximate surface area is 134 Å². The van der Waals surface area contributed by atoms with Crippen molar-refractivity contribution in [3.63, 3.8) is 0 Å². The zero-order valence-corrected chi connectivity index (χ0v) is 13.4. The van der Waals surface area contributed by atoms with Gasteiger partial charge in [-0.25, -0.2) is 0 Å². The molecule has 0 bridgehead atoms. The van der Waals surface area contributed by atoms with Crippen LogP contribution in [0.5, 0.6) is 5.75 Å². The molecule has 0 aliphatic rings. The number of Topliss-reactive ketones (excluding diaryl/α,β-unsaturated/α-hetero) is 1. The average Bonchev–Trinajstić information content (AvgIpc) is 2.81. The van der Waals surface area contributed by atoms with Crippen molar-refractivity contribution in [3.8, 4) is 5.75 Å². The van der Waals surface area contributed by atoms with E-state index in [0.29, 0.717) is 5.56 Å². The minimum absolute atomic E-state index is 0.00628. The molecule has 7 heteroatoms. The fourth-order valence-corrected chi connectivity index (χ4v) is 2.50. The number of rotatable bonds is 7. The van der Waals surface area contributed by atoms with Crippen LogP contribution in [0.25, 0.3) is 0 Å². The summed E-state index contributed by atoms with van der Waals surface area (Å²) >= 11 is 0. The van der Waals surface area contributed by atoms with Crippen LogP contribution >= 0.6 is 0 Å². The molecule has 2 aromatic rings. The Hall–Kier alpha value is -2.70. The Morgan fingerprint density at radius 1 is 1.43 bits per heavy atom. The Morgan fingerprint density at radius 2 is 2.17 bits per heavy atom. The first-order valence-electron chi connectivity index (χ1n) is 7.37. The van der Waals surface area contributed by atoms with Crippen LogP contribution in [0.15, 0.2) is 24.4 Å². The van der Waals surface area contributed by atoms with E-state index in [1.165, 1.54) is 18.3 Å². The molecule has 0 N–H and O–H groups in total. The molecular formula is C16H19N3O4. The molecule has 23 heavy (non-hydrogen) atoms. The zero-order valence-electron chi connectivity index (χ0n) is 13.4. The van der Waals surface area contributed by atoms with Crippen LogP contribution < -0.4 is 4.74 Å². The van der Waals surface area contributed by atoms with Crippen LogP contribution in [-0.2, 0) is 6.54 Å². The number of hydrogen-bond donors (Lipinski definition) is 0. The summed E-state index contributed by atoms with van der Waals surface area (Å²) in [6, 6.07) is 4.78. The highest BCUT2D eigenvalue weighted by atomic mass is 16.6. The molecule has 0 fully saturated rings. The number of pyridine rings is 1. The van der Waals surface area contributed by atoms with Gasteiger partial charge in [-0.3, -0.25) is 4.79 Å². The Kier molecular flexibility index (Phi) is 5.10. The number of hydrogen-bond acceptors (Lipinski definition) is 5. The first kappa shape index (κ1) is 16.7. The monoisotopic (exact) mass is 317 g/mol. The van der Waals surface area contributed by atoms with Gasteiger partial charge in [0.1, 0.15) is 6.20 Å². The lowest BCUT2D eigenvalue weighted by molar-refractivity contribution is -0.390. The van der Waals surface area contributed by atoms with E-state index in [1.807, 2.05) is 19.9 Å². The number of aromatic nitrogens is 2. The lowest BCUT2D eigenvalue weighted by atomic mass is 10.1. The van der Waals surface area contributed by atoms with E-state index in [1.54, 1.807) is 0 Å². The SMILES string of the molecule is CCCn1c(C)cc(C(=O)COc2cccnc2[N+](=O)[O-])c1C. The van der Waals surface area contributed by atoms with Crippen molar-refractivity contribution in [1.29, 1.82) is 0 Å². The minimum atomic E-state index is -0.632. The van der Waals surface area contributed by atoms with E-state index in [9.17, 15) is 14.9 Å². The second kappa shape index (κ2) is 7.04. The molecule has 0 saturated carbocycles. The molecule has 0 amide bonds.